The molecule has 0 fully saturated rings. The Balaban J connectivity index is 1.83. The van der Waals surface area contributed by atoms with E-state index in [0.29, 0.717) is 23.0 Å². The van der Waals surface area contributed by atoms with Crippen LogP contribution in [0, 0.1) is 0 Å². The quantitative estimate of drug-likeness (QED) is 0.847. The number of fused-ring (bicyclic) bond motifs is 1. The van der Waals surface area contributed by atoms with Gasteiger partial charge in [-0.3, -0.25) is 0 Å². The van der Waals surface area contributed by atoms with E-state index in [9.17, 15) is 8.42 Å². The molecule has 0 bridgehead atoms. The maximum absolute atomic E-state index is 12.7. The van der Waals surface area contributed by atoms with Gasteiger partial charge in [0.05, 0.1) is 19.1 Å². The highest BCUT2D eigenvalue weighted by molar-refractivity contribution is 7.89. The Morgan fingerprint density at radius 2 is 1.72 bits per heavy atom. The van der Waals surface area contributed by atoms with Crippen LogP contribution < -0.4 is 23.7 Å². The Morgan fingerprint density at radius 3 is 2.44 bits per heavy atom. The Hall–Kier alpha value is -2.45. The van der Waals surface area contributed by atoms with E-state index in [2.05, 4.69) is 4.72 Å². The van der Waals surface area contributed by atoms with Crippen LogP contribution >= 0.6 is 0 Å². The van der Waals surface area contributed by atoms with E-state index in [0.717, 1.165) is 5.56 Å². The van der Waals surface area contributed by atoms with Gasteiger partial charge in [-0.1, -0.05) is 6.07 Å². The molecule has 0 spiro atoms. The van der Waals surface area contributed by atoms with Crippen molar-refractivity contribution in [3.8, 4) is 23.0 Å². The Bertz CT molecular complexity index is 881. The highest BCUT2D eigenvalue weighted by Gasteiger charge is 2.22. The zero-order valence-corrected chi connectivity index (χ0v) is 14.9. The standard InChI is InChI=1S/C17H19NO6S/c1-11(12-4-6-15-17(8-12)24-10-23-15)18-25(19,20)13-5-7-14(21-2)16(9-13)22-3/h4-9,11,18H,10H2,1-3H3/t11-/m1/s1. The lowest BCUT2D eigenvalue weighted by molar-refractivity contribution is 0.174. The molecule has 1 heterocycles. The van der Waals surface area contributed by atoms with Crippen molar-refractivity contribution in [3.05, 3.63) is 42.0 Å². The summed E-state index contributed by atoms with van der Waals surface area (Å²) < 4.78 is 48.8. The number of ether oxygens (including phenoxy) is 4. The number of benzene rings is 2. The lowest BCUT2D eigenvalue weighted by atomic mass is 10.1. The average Bonchev–Trinajstić information content (AvgIpc) is 3.08. The van der Waals surface area contributed by atoms with Gasteiger partial charge in [0.1, 0.15) is 0 Å². The molecule has 3 rings (SSSR count). The van der Waals surface area contributed by atoms with Crippen molar-refractivity contribution < 1.29 is 27.4 Å². The molecule has 25 heavy (non-hydrogen) atoms. The number of sulfonamides is 1. The van der Waals surface area contributed by atoms with Gasteiger partial charge < -0.3 is 18.9 Å². The molecule has 134 valence electrons. The molecular formula is C17H19NO6S. The van der Waals surface area contributed by atoms with E-state index < -0.39 is 16.1 Å². The highest BCUT2D eigenvalue weighted by Crippen LogP contribution is 2.35. The molecule has 1 aliphatic heterocycles. The summed E-state index contributed by atoms with van der Waals surface area (Å²) in [5.41, 5.74) is 0.772. The predicted octanol–water partition coefficient (Wildman–Crippen LogP) is 2.47. The van der Waals surface area contributed by atoms with Crippen molar-refractivity contribution >= 4 is 10.0 Å². The topological polar surface area (TPSA) is 83.1 Å². The van der Waals surface area contributed by atoms with Crippen LogP contribution in [0.1, 0.15) is 18.5 Å². The Labute approximate surface area is 146 Å². The fraction of sp³-hybridized carbons (Fsp3) is 0.294. The first-order valence-corrected chi connectivity index (χ1v) is 9.07. The van der Waals surface area contributed by atoms with Crippen molar-refractivity contribution in [2.24, 2.45) is 0 Å². The van der Waals surface area contributed by atoms with E-state index in [1.807, 2.05) is 0 Å². The van der Waals surface area contributed by atoms with Crippen LogP contribution in [-0.4, -0.2) is 29.4 Å². The van der Waals surface area contributed by atoms with Crippen LogP contribution in [0.15, 0.2) is 41.3 Å². The van der Waals surface area contributed by atoms with Crippen LogP contribution in [0.4, 0.5) is 0 Å². The second-order valence-electron chi connectivity index (χ2n) is 5.47. The molecule has 7 nitrogen and oxygen atoms in total. The average molecular weight is 365 g/mol. The normalized spacial score (nSPS) is 14.2. The lowest BCUT2D eigenvalue weighted by Crippen LogP contribution is -2.26. The van der Waals surface area contributed by atoms with Crippen LogP contribution in [0.25, 0.3) is 0 Å². The van der Waals surface area contributed by atoms with Crippen molar-refractivity contribution in [2.45, 2.75) is 17.9 Å². The number of methoxy groups -OCH3 is 2. The molecule has 2 aromatic carbocycles. The Morgan fingerprint density at radius 1 is 1.00 bits per heavy atom. The van der Waals surface area contributed by atoms with Crippen LogP contribution in [0.3, 0.4) is 0 Å². The van der Waals surface area contributed by atoms with Crippen LogP contribution in [0.2, 0.25) is 0 Å². The molecule has 1 aliphatic rings. The molecule has 2 aromatic rings. The van der Waals surface area contributed by atoms with Crippen LogP contribution in [0.5, 0.6) is 23.0 Å². The molecule has 0 aliphatic carbocycles. The summed E-state index contributed by atoms with van der Waals surface area (Å²) in [7, 11) is -0.790. The van der Waals surface area contributed by atoms with Crippen molar-refractivity contribution in [2.75, 3.05) is 21.0 Å². The Kier molecular flexibility index (Phi) is 4.73. The zero-order chi connectivity index (χ0) is 18.0. The van der Waals surface area contributed by atoms with Crippen molar-refractivity contribution in [1.82, 2.24) is 4.72 Å². The molecule has 0 amide bonds. The van der Waals surface area contributed by atoms with E-state index in [4.69, 9.17) is 18.9 Å². The SMILES string of the molecule is COc1ccc(S(=O)(=O)N[C@H](C)c2ccc3c(c2)OCO3)cc1OC. The summed E-state index contributed by atoms with van der Waals surface area (Å²) in [4.78, 5) is 0.0951. The minimum Gasteiger partial charge on any atom is -0.493 e. The van der Waals surface area contributed by atoms with Gasteiger partial charge >= 0.3 is 0 Å². The maximum atomic E-state index is 12.7. The maximum Gasteiger partial charge on any atom is 0.241 e. The molecule has 0 aromatic heterocycles. The number of hydrogen-bond acceptors (Lipinski definition) is 6. The summed E-state index contributed by atoms with van der Waals surface area (Å²) in [6, 6.07) is 9.33. The van der Waals surface area contributed by atoms with Gasteiger partial charge in [0.2, 0.25) is 16.8 Å². The highest BCUT2D eigenvalue weighted by atomic mass is 32.2. The van der Waals surface area contributed by atoms with Crippen LogP contribution in [-0.2, 0) is 10.0 Å². The molecule has 8 heteroatoms. The van der Waals surface area contributed by atoms with Gasteiger partial charge in [-0.2, -0.15) is 0 Å². The van der Waals surface area contributed by atoms with Crippen molar-refractivity contribution in [3.63, 3.8) is 0 Å². The molecule has 1 N–H and O–H groups in total. The fourth-order valence-electron chi connectivity index (χ4n) is 2.53. The molecule has 0 unspecified atom stereocenters. The monoisotopic (exact) mass is 365 g/mol. The van der Waals surface area contributed by atoms with E-state index in [-0.39, 0.29) is 11.7 Å². The minimum absolute atomic E-state index is 0.0951. The van der Waals surface area contributed by atoms with Gasteiger partial charge in [0.25, 0.3) is 0 Å². The lowest BCUT2D eigenvalue weighted by Gasteiger charge is -2.16. The molecule has 0 saturated heterocycles. The molecular weight excluding hydrogens is 346 g/mol. The second kappa shape index (κ2) is 6.81. The summed E-state index contributed by atoms with van der Waals surface area (Å²) in [5, 5.41) is 0. The summed E-state index contributed by atoms with van der Waals surface area (Å²) in [5.74, 6) is 2.07. The first-order valence-electron chi connectivity index (χ1n) is 7.58. The molecule has 1 atom stereocenters. The summed E-state index contributed by atoms with van der Waals surface area (Å²) >= 11 is 0. The van der Waals surface area contributed by atoms with Gasteiger partial charge in [-0.25, -0.2) is 13.1 Å². The second-order valence-corrected chi connectivity index (χ2v) is 7.19. The molecule has 0 radical (unpaired) electrons. The fourth-order valence-corrected chi connectivity index (χ4v) is 3.78. The first-order chi connectivity index (χ1) is 11.9. The smallest absolute Gasteiger partial charge is 0.241 e. The van der Waals surface area contributed by atoms with Crippen molar-refractivity contribution in [1.29, 1.82) is 0 Å². The van der Waals surface area contributed by atoms with Gasteiger partial charge in [-0.15, -0.1) is 0 Å². The first kappa shape index (κ1) is 17.4. The van der Waals surface area contributed by atoms with E-state index in [1.165, 1.54) is 26.4 Å². The molecule has 0 saturated carbocycles. The predicted molar refractivity (Wildman–Crippen MR) is 90.8 cm³/mol. The van der Waals surface area contributed by atoms with Gasteiger partial charge in [0, 0.05) is 12.1 Å². The third-order valence-corrected chi connectivity index (χ3v) is 5.43. The number of hydrogen-bond donors (Lipinski definition) is 1. The third-order valence-electron chi connectivity index (χ3n) is 3.89. The van der Waals surface area contributed by atoms with Gasteiger partial charge in [0.15, 0.2) is 23.0 Å². The van der Waals surface area contributed by atoms with E-state index >= 15 is 0 Å². The van der Waals surface area contributed by atoms with E-state index in [1.54, 1.807) is 31.2 Å². The summed E-state index contributed by atoms with van der Waals surface area (Å²) in [6.45, 7) is 1.93. The van der Waals surface area contributed by atoms with Gasteiger partial charge in [-0.05, 0) is 36.8 Å². The summed E-state index contributed by atoms with van der Waals surface area (Å²) in [6.07, 6.45) is 0. The minimum atomic E-state index is -3.74. The number of rotatable bonds is 6. The third kappa shape index (κ3) is 3.49. The zero-order valence-electron chi connectivity index (χ0n) is 14.1. The largest absolute Gasteiger partial charge is 0.493 e. The number of nitrogens with one attached hydrogen (secondary N) is 1.